The molecule has 5 nitrogen and oxygen atoms in total. The van der Waals surface area contributed by atoms with E-state index >= 15 is 0 Å². The van der Waals surface area contributed by atoms with Gasteiger partial charge in [0.25, 0.3) is 5.56 Å². The number of fused-ring (bicyclic) bond motifs is 2. The van der Waals surface area contributed by atoms with Crippen LogP contribution in [0.5, 0.6) is 0 Å². The van der Waals surface area contributed by atoms with Gasteiger partial charge < -0.3 is 4.90 Å². The van der Waals surface area contributed by atoms with Crippen LogP contribution in [0.3, 0.4) is 0 Å². The summed E-state index contributed by atoms with van der Waals surface area (Å²) in [6, 6.07) is 13.3. The molecule has 1 aromatic heterocycles. The van der Waals surface area contributed by atoms with Gasteiger partial charge in [0.05, 0.1) is 23.3 Å². The van der Waals surface area contributed by atoms with Gasteiger partial charge in [-0.2, -0.15) is 0 Å². The third kappa shape index (κ3) is 3.35. The van der Waals surface area contributed by atoms with Crippen LogP contribution in [0.15, 0.2) is 53.6 Å². The van der Waals surface area contributed by atoms with Gasteiger partial charge in [0.15, 0.2) is 0 Å². The Hall–Kier alpha value is -2.66. The number of aromatic nitrogens is 2. The van der Waals surface area contributed by atoms with Crippen LogP contribution in [-0.4, -0.2) is 27.4 Å². The molecule has 1 unspecified atom stereocenters. The average molecular weight is 382 g/mol. The summed E-state index contributed by atoms with van der Waals surface area (Å²) < 4.78 is 1.36. The van der Waals surface area contributed by atoms with Crippen LogP contribution in [0.1, 0.15) is 30.0 Å². The molecule has 1 atom stereocenters. The van der Waals surface area contributed by atoms with E-state index in [0.717, 1.165) is 19.3 Å². The molecule has 0 bridgehead atoms. The van der Waals surface area contributed by atoms with Crippen LogP contribution in [0, 0.1) is 0 Å². The van der Waals surface area contributed by atoms with Crippen LogP contribution in [-0.2, 0) is 17.8 Å². The standard InChI is InChI=1S/C21H20ClN3O2/c1-24(19-8-4-6-14-5-2-3-7-16(14)19)20(26)12-25-13-23-18-11-15(22)9-10-17(18)21(25)27/h2-3,5,7,9-11,13,19H,4,6,8,12H2,1H3. The lowest BCUT2D eigenvalue weighted by Gasteiger charge is -2.33. The second kappa shape index (κ2) is 7.16. The lowest BCUT2D eigenvalue weighted by Crippen LogP contribution is -2.37. The first-order valence-electron chi connectivity index (χ1n) is 9.03. The van der Waals surface area contributed by atoms with Crippen LogP contribution >= 0.6 is 11.6 Å². The Morgan fingerprint density at radius 3 is 2.96 bits per heavy atom. The van der Waals surface area contributed by atoms with Gasteiger partial charge in [-0.3, -0.25) is 14.2 Å². The number of carbonyl (C=O) groups excluding carboxylic acids is 1. The van der Waals surface area contributed by atoms with Crippen molar-refractivity contribution in [1.29, 1.82) is 0 Å². The summed E-state index contributed by atoms with van der Waals surface area (Å²) in [5.41, 5.74) is 2.81. The second-order valence-corrected chi connectivity index (χ2v) is 7.39. The maximum absolute atomic E-state index is 12.9. The minimum Gasteiger partial charge on any atom is -0.337 e. The highest BCUT2D eigenvalue weighted by Gasteiger charge is 2.26. The minimum atomic E-state index is -0.234. The van der Waals surface area contributed by atoms with Crippen molar-refractivity contribution in [1.82, 2.24) is 14.5 Å². The first-order valence-corrected chi connectivity index (χ1v) is 9.40. The highest BCUT2D eigenvalue weighted by molar-refractivity contribution is 6.31. The molecule has 1 aliphatic carbocycles. The van der Waals surface area contributed by atoms with E-state index in [-0.39, 0.29) is 24.1 Å². The lowest BCUT2D eigenvalue weighted by atomic mass is 9.87. The Morgan fingerprint density at radius 1 is 1.30 bits per heavy atom. The molecule has 0 spiro atoms. The summed E-state index contributed by atoms with van der Waals surface area (Å²) in [5, 5.41) is 0.985. The third-order valence-corrected chi connectivity index (χ3v) is 5.53. The van der Waals surface area contributed by atoms with Crippen molar-refractivity contribution in [2.45, 2.75) is 31.8 Å². The Kier molecular flexibility index (Phi) is 4.70. The predicted octanol–water partition coefficient (Wildman–Crippen LogP) is 3.59. The molecule has 2 aromatic carbocycles. The van der Waals surface area contributed by atoms with Crippen molar-refractivity contribution in [2.24, 2.45) is 0 Å². The zero-order chi connectivity index (χ0) is 19.0. The Morgan fingerprint density at radius 2 is 2.11 bits per heavy atom. The fourth-order valence-corrected chi connectivity index (χ4v) is 3.97. The van der Waals surface area contributed by atoms with Gasteiger partial charge in [-0.25, -0.2) is 4.98 Å². The number of amides is 1. The first kappa shape index (κ1) is 17.7. The molecule has 4 rings (SSSR count). The number of halogens is 1. The zero-order valence-electron chi connectivity index (χ0n) is 15.1. The highest BCUT2D eigenvalue weighted by atomic mass is 35.5. The number of rotatable bonds is 3. The number of likely N-dealkylation sites (N-methyl/N-ethyl adjacent to an activating group) is 1. The number of benzene rings is 2. The Balaban J connectivity index is 1.60. The largest absolute Gasteiger partial charge is 0.337 e. The lowest BCUT2D eigenvalue weighted by molar-refractivity contribution is -0.133. The molecule has 0 N–H and O–H groups in total. The molecule has 0 radical (unpaired) electrons. The van der Waals surface area contributed by atoms with Crippen LogP contribution < -0.4 is 5.56 Å². The summed E-state index contributed by atoms with van der Waals surface area (Å²) in [4.78, 5) is 31.6. The molecule has 0 saturated heterocycles. The highest BCUT2D eigenvalue weighted by Crippen LogP contribution is 2.33. The second-order valence-electron chi connectivity index (χ2n) is 6.95. The van der Waals surface area contributed by atoms with Gasteiger partial charge in [0.2, 0.25) is 5.91 Å². The van der Waals surface area contributed by atoms with Crippen molar-refractivity contribution >= 4 is 28.4 Å². The van der Waals surface area contributed by atoms with Gasteiger partial charge in [0.1, 0.15) is 6.54 Å². The van der Waals surface area contributed by atoms with E-state index in [1.807, 2.05) is 19.2 Å². The topological polar surface area (TPSA) is 55.2 Å². The first-order chi connectivity index (χ1) is 13.0. The van der Waals surface area contributed by atoms with Crippen molar-refractivity contribution in [2.75, 3.05) is 7.05 Å². The minimum absolute atomic E-state index is 0.0282. The number of nitrogens with zero attached hydrogens (tertiary/aromatic N) is 3. The molecule has 1 amide bonds. The fourth-order valence-electron chi connectivity index (χ4n) is 3.81. The maximum atomic E-state index is 12.9. The number of carbonyl (C=O) groups is 1. The van der Waals surface area contributed by atoms with E-state index in [4.69, 9.17) is 11.6 Å². The van der Waals surface area contributed by atoms with E-state index in [1.54, 1.807) is 23.1 Å². The number of hydrogen-bond acceptors (Lipinski definition) is 3. The van der Waals surface area contributed by atoms with E-state index in [0.29, 0.717) is 15.9 Å². The third-order valence-electron chi connectivity index (χ3n) is 5.29. The molecular weight excluding hydrogens is 362 g/mol. The summed E-state index contributed by atoms with van der Waals surface area (Å²) in [6.07, 6.45) is 4.45. The fraction of sp³-hybridized carbons (Fsp3) is 0.286. The normalized spacial score (nSPS) is 16.1. The van der Waals surface area contributed by atoms with E-state index in [1.165, 1.54) is 22.0 Å². The SMILES string of the molecule is CN(C(=O)Cn1cnc2cc(Cl)ccc2c1=O)C1CCCc2ccccc21. The Labute approximate surface area is 162 Å². The summed E-state index contributed by atoms with van der Waals surface area (Å²) in [6.45, 7) is -0.0282. The number of aryl methyl sites for hydroxylation is 1. The van der Waals surface area contributed by atoms with E-state index < -0.39 is 0 Å². The van der Waals surface area contributed by atoms with Crippen LogP contribution in [0.4, 0.5) is 0 Å². The quantitative estimate of drug-likeness (QED) is 0.696. The van der Waals surface area contributed by atoms with Crippen molar-refractivity contribution in [3.05, 3.63) is 75.3 Å². The van der Waals surface area contributed by atoms with Crippen LogP contribution in [0.2, 0.25) is 5.02 Å². The molecule has 0 saturated carbocycles. The molecule has 1 aliphatic rings. The maximum Gasteiger partial charge on any atom is 0.261 e. The monoisotopic (exact) mass is 381 g/mol. The van der Waals surface area contributed by atoms with Gasteiger partial charge in [-0.05, 0) is 48.6 Å². The number of hydrogen-bond donors (Lipinski definition) is 0. The van der Waals surface area contributed by atoms with Crippen molar-refractivity contribution in [3.8, 4) is 0 Å². The van der Waals surface area contributed by atoms with Crippen LogP contribution in [0.25, 0.3) is 10.9 Å². The van der Waals surface area contributed by atoms with Crippen molar-refractivity contribution < 1.29 is 4.79 Å². The molecular formula is C21H20ClN3O2. The van der Waals surface area contributed by atoms with Gasteiger partial charge >= 0.3 is 0 Å². The average Bonchev–Trinajstić information content (AvgIpc) is 2.69. The van der Waals surface area contributed by atoms with E-state index in [9.17, 15) is 9.59 Å². The van der Waals surface area contributed by atoms with Crippen molar-refractivity contribution in [3.63, 3.8) is 0 Å². The molecule has 0 fully saturated rings. The smallest absolute Gasteiger partial charge is 0.261 e. The molecule has 1 heterocycles. The van der Waals surface area contributed by atoms with Gasteiger partial charge in [-0.15, -0.1) is 0 Å². The Bertz CT molecular complexity index is 1080. The molecule has 3 aromatic rings. The molecule has 27 heavy (non-hydrogen) atoms. The predicted molar refractivity (Wildman–Crippen MR) is 106 cm³/mol. The summed E-state index contributed by atoms with van der Waals surface area (Å²) in [7, 11) is 1.81. The van der Waals surface area contributed by atoms with Gasteiger partial charge in [0, 0.05) is 12.1 Å². The zero-order valence-corrected chi connectivity index (χ0v) is 15.8. The van der Waals surface area contributed by atoms with E-state index in [2.05, 4.69) is 17.1 Å². The summed E-state index contributed by atoms with van der Waals surface area (Å²) in [5.74, 6) is -0.103. The summed E-state index contributed by atoms with van der Waals surface area (Å²) >= 11 is 5.95. The van der Waals surface area contributed by atoms with Gasteiger partial charge in [-0.1, -0.05) is 35.9 Å². The molecule has 0 aliphatic heterocycles. The molecule has 6 heteroatoms. The molecule has 138 valence electrons.